The Morgan fingerprint density at radius 2 is 1.81 bits per heavy atom. The van der Waals surface area contributed by atoms with Crippen molar-refractivity contribution in [3.8, 4) is 5.75 Å². The summed E-state index contributed by atoms with van der Waals surface area (Å²) >= 11 is 6.23. The number of hydrogen-bond acceptors (Lipinski definition) is 3. The molecular weight excluding hydrogens is 418 g/mol. The molecule has 2 heterocycles. The SMILES string of the molecule is CC(C)[C@@H]1C[C@H](c2cccc(Cl)c2)CO[C@H]1c1ccc(OCCCN2CCCCC2)cc1. The average molecular weight is 456 g/mol. The first-order chi connectivity index (χ1) is 15.6. The lowest BCUT2D eigenvalue weighted by molar-refractivity contribution is -0.0552. The Labute approximate surface area is 199 Å². The lowest BCUT2D eigenvalue weighted by Crippen LogP contribution is -2.31. The van der Waals surface area contributed by atoms with Crippen LogP contribution in [0, 0.1) is 11.8 Å². The van der Waals surface area contributed by atoms with Gasteiger partial charge in [0.15, 0.2) is 0 Å². The molecule has 2 aliphatic rings. The number of nitrogens with zero attached hydrogens (tertiary/aromatic N) is 1. The first kappa shape index (κ1) is 23.6. The minimum Gasteiger partial charge on any atom is -0.494 e. The van der Waals surface area contributed by atoms with Gasteiger partial charge in [-0.15, -0.1) is 0 Å². The van der Waals surface area contributed by atoms with Crippen LogP contribution in [0.4, 0.5) is 0 Å². The third-order valence-corrected chi connectivity index (χ3v) is 7.38. The Morgan fingerprint density at radius 3 is 2.53 bits per heavy atom. The van der Waals surface area contributed by atoms with Crippen LogP contribution in [0.1, 0.15) is 69.1 Å². The zero-order valence-electron chi connectivity index (χ0n) is 19.6. The summed E-state index contributed by atoms with van der Waals surface area (Å²) < 4.78 is 12.5. The van der Waals surface area contributed by atoms with Gasteiger partial charge in [-0.25, -0.2) is 0 Å². The maximum absolute atomic E-state index is 6.46. The normalized spacial score (nSPS) is 24.6. The molecule has 0 spiro atoms. The van der Waals surface area contributed by atoms with Crippen molar-refractivity contribution in [2.75, 3.05) is 32.8 Å². The van der Waals surface area contributed by atoms with E-state index in [1.165, 1.54) is 43.5 Å². The Kier molecular flexibility index (Phi) is 8.51. The van der Waals surface area contributed by atoms with Gasteiger partial charge in [-0.1, -0.05) is 56.1 Å². The summed E-state index contributed by atoms with van der Waals surface area (Å²) in [4.78, 5) is 2.57. The van der Waals surface area contributed by atoms with Crippen molar-refractivity contribution in [2.24, 2.45) is 11.8 Å². The minimum atomic E-state index is 0.138. The monoisotopic (exact) mass is 455 g/mol. The van der Waals surface area contributed by atoms with Gasteiger partial charge >= 0.3 is 0 Å². The second-order valence-electron chi connectivity index (χ2n) is 9.82. The van der Waals surface area contributed by atoms with E-state index in [-0.39, 0.29) is 6.10 Å². The molecule has 2 aromatic rings. The Balaban J connectivity index is 1.31. The molecule has 174 valence electrons. The molecule has 0 aromatic heterocycles. The minimum absolute atomic E-state index is 0.138. The van der Waals surface area contributed by atoms with Gasteiger partial charge in [0, 0.05) is 17.5 Å². The molecule has 0 aliphatic carbocycles. The summed E-state index contributed by atoms with van der Waals surface area (Å²) in [5, 5.41) is 0.803. The molecule has 4 heteroatoms. The molecule has 3 atom stereocenters. The predicted octanol–water partition coefficient (Wildman–Crippen LogP) is 7.11. The maximum atomic E-state index is 6.46. The highest BCUT2D eigenvalue weighted by Gasteiger charge is 2.35. The van der Waals surface area contributed by atoms with Crippen molar-refractivity contribution in [1.82, 2.24) is 4.90 Å². The highest BCUT2D eigenvalue weighted by molar-refractivity contribution is 6.30. The highest BCUT2D eigenvalue weighted by Crippen LogP contribution is 2.43. The molecule has 2 aliphatic heterocycles. The summed E-state index contributed by atoms with van der Waals surface area (Å²) in [6.07, 6.45) is 6.44. The number of likely N-dealkylation sites (tertiary alicyclic amines) is 1. The molecule has 32 heavy (non-hydrogen) atoms. The summed E-state index contributed by atoms with van der Waals surface area (Å²) in [7, 11) is 0. The van der Waals surface area contributed by atoms with E-state index in [9.17, 15) is 0 Å². The van der Waals surface area contributed by atoms with Gasteiger partial charge in [0.05, 0.1) is 19.3 Å². The number of benzene rings is 2. The van der Waals surface area contributed by atoms with Crippen molar-refractivity contribution in [3.05, 3.63) is 64.7 Å². The van der Waals surface area contributed by atoms with Crippen molar-refractivity contribution < 1.29 is 9.47 Å². The van der Waals surface area contributed by atoms with Gasteiger partial charge in [-0.05, 0) is 86.0 Å². The van der Waals surface area contributed by atoms with E-state index in [1.54, 1.807) is 0 Å². The van der Waals surface area contributed by atoms with E-state index in [1.807, 2.05) is 12.1 Å². The van der Waals surface area contributed by atoms with E-state index in [2.05, 4.69) is 55.1 Å². The largest absolute Gasteiger partial charge is 0.494 e. The van der Waals surface area contributed by atoms with Crippen LogP contribution >= 0.6 is 11.6 Å². The Bertz CT molecular complexity index is 832. The topological polar surface area (TPSA) is 21.7 Å². The van der Waals surface area contributed by atoms with Gasteiger partial charge in [-0.2, -0.15) is 0 Å². The van der Waals surface area contributed by atoms with Gasteiger partial charge in [0.25, 0.3) is 0 Å². The summed E-state index contributed by atoms with van der Waals surface area (Å²) in [5.74, 6) is 2.39. The second-order valence-corrected chi connectivity index (χ2v) is 10.3. The fourth-order valence-electron chi connectivity index (χ4n) is 5.24. The number of halogens is 1. The third-order valence-electron chi connectivity index (χ3n) is 7.14. The number of ether oxygens (including phenoxy) is 2. The van der Waals surface area contributed by atoms with Crippen LogP contribution in [0.15, 0.2) is 48.5 Å². The second kappa shape index (κ2) is 11.5. The van der Waals surface area contributed by atoms with Crippen molar-refractivity contribution in [3.63, 3.8) is 0 Å². The van der Waals surface area contributed by atoms with Crippen LogP contribution in [0.25, 0.3) is 0 Å². The van der Waals surface area contributed by atoms with Crippen molar-refractivity contribution in [1.29, 1.82) is 0 Å². The fraction of sp³-hybridized carbons (Fsp3) is 0.571. The summed E-state index contributed by atoms with van der Waals surface area (Å²) in [6.45, 7) is 9.80. The molecule has 0 amide bonds. The standard InChI is InChI=1S/C28H38ClNO2/c1-21(2)27-19-24(23-8-6-9-25(29)18-23)20-32-28(27)22-10-12-26(13-11-22)31-17-7-16-30-14-4-3-5-15-30/h6,8-13,18,21,24,27-28H,3-5,7,14-17,19-20H2,1-2H3/t24-,27-,28-/m0/s1. The van der Waals surface area contributed by atoms with Crippen LogP contribution in [0.2, 0.25) is 5.02 Å². The molecular formula is C28H38ClNO2. The quantitative estimate of drug-likeness (QED) is 0.396. The molecule has 2 saturated heterocycles. The molecule has 0 saturated carbocycles. The van der Waals surface area contributed by atoms with Gasteiger partial charge in [0.2, 0.25) is 0 Å². The van der Waals surface area contributed by atoms with Crippen LogP contribution in [0.3, 0.4) is 0 Å². The first-order valence-electron chi connectivity index (χ1n) is 12.4. The number of piperidine rings is 1. The van der Waals surface area contributed by atoms with Gasteiger partial charge < -0.3 is 14.4 Å². The van der Waals surface area contributed by atoms with E-state index in [0.717, 1.165) is 43.4 Å². The fourth-order valence-corrected chi connectivity index (χ4v) is 5.44. The summed E-state index contributed by atoms with van der Waals surface area (Å²) in [6, 6.07) is 16.9. The molecule has 3 nitrogen and oxygen atoms in total. The zero-order chi connectivity index (χ0) is 22.3. The lowest BCUT2D eigenvalue weighted by atomic mass is 9.76. The third kappa shape index (κ3) is 6.27. The zero-order valence-corrected chi connectivity index (χ0v) is 20.4. The molecule has 0 N–H and O–H groups in total. The molecule has 0 radical (unpaired) electrons. The Hall–Kier alpha value is -1.55. The van der Waals surface area contributed by atoms with E-state index >= 15 is 0 Å². The predicted molar refractivity (Wildman–Crippen MR) is 133 cm³/mol. The van der Waals surface area contributed by atoms with Crippen molar-refractivity contribution >= 4 is 11.6 Å². The Morgan fingerprint density at radius 1 is 1.03 bits per heavy atom. The van der Waals surface area contributed by atoms with Crippen LogP contribution in [0.5, 0.6) is 5.75 Å². The molecule has 0 unspecified atom stereocenters. The smallest absolute Gasteiger partial charge is 0.119 e. The summed E-state index contributed by atoms with van der Waals surface area (Å²) in [5.41, 5.74) is 2.55. The highest BCUT2D eigenvalue weighted by atomic mass is 35.5. The van der Waals surface area contributed by atoms with Crippen LogP contribution < -0.4 is 4.74 Å². The van der Waals surface area contributed by atoms with Crippen molar-refractivity contribution in [2.45, 2.75) is 58.0 Å². The molecule has 2 aromatic carbocycles. The maximum Gasteiger partial charge on any atom is 0.119 e. The van der Waals surface area contributed by atoms with E-state index in [4.69, 9.17) is 21.1 Å². The van der Waals surface area contributed by atoms with E-state index < -0.39 is 0 Å². The van der Waals surface area contributed by atoms with Gasteiger partial charge in [0.1, 0.15) is 5.75 Å². The van der Waals surface area contributed by atoms with Crippen LogP contribution in [-0.2, 0) is 4.74 Å². The molecule has 0 bridgehead atoms. The molecule has 2 fully saturated rings. The average Bonchev–Trinajstić information content (AvgIpc) is 2.82. The first-order valence-corrected chi connectivity index (χ1v) is 12.8. The number of hydrogen-bond donors (Lipinski definition) is 0. The van der Waals surface area contributed by atoms with Crippen LogP contribution in [-0.4, -0.2) is 37.7 Å². The number of rotatable bonds is 8. The lowest BCUT2D eigenvalue weighted by Gasteiger charge is -2.39. The van der Waals surface area contributed by atoms with Gasteiger partial charge in [-0.3, -0.25) is 0 Å². The molecule has 4 rings (SSSR count). The van der Waals surface area contributed by atoms with E-state index in [0.29, 0.717) is 17.8 Å².